The van der Waals surface area contributed by atoms with Gasteiger partial charge in [-0.25, -0.2) is 12.7 Å². The Kier molecular flexibility index (Phi) is 6.42. The molecule has 180 valence electrons. The van der Waals surface area contributed by atoms with E-state index < -0.39 is 65.2 Å². The Balaban J connectivity index is 2.22. The maximum Gasteiger partial charge on any atom is 0.328 e. The Bertz CT molecular complexity index is 1090. The van der Waals surface area contributed by atoms with Crippen molar-refractivity contribution >= 4 is 31.9 Å². The number of nitrogens with zero attached hydrogens (tertiary/aromatic N) is 2. The lowest BCUT2D eigenvalue weighted by molar-refractivity contribution is -0.328. The summed E-state index contributed by atoms with van der Waals surface area (Å²) in [5.74, 6) is -3.12. The van der Waals surface area contributed by atoms with Gasteiger partial charge in [-0.2, -0.15) is 8.42 Å². The fraction of sp³-hybridized carbons (Fsp3) is 0.700. The van der Waals surface area contributed by atoms with E-state index in [4.69, 9.17) is 0 Å². The minimum absolute atomic E-state index is 0.252. The van der Waals surface area contributed by atoms with Crippen LogP contribution in [0.4, 0.5) is 0 Å². The van der Waals surface area contributed by atoms with Crippen molar-refractivity contribution in [2.75, 3.05) is 0 Å². The van der Waals surface area contributed by atoms with Gasteiger partial charge in [-0.05, 0) is 51.5 Å². The average molecular weight is 489 g/mol. The quantitative estimate of drug-likeness (QED) is 0.559. The standard InChI is InChI=1S/C20H31N3O7S2/c1-5-13(3)22-18(25)15(19(26)23(14(4)6-2)32(22,29)30)12-16-17(24)21-20(31(16,27)28)10-8-7-9-11-20/h12-14,25H,5-11H2,1-4H3,(H,21,24)/p-1. The molecule has 2 heterocycles. The minimum atomic E-state index is -4.45. The van der Waals surface area contributed by atoms with Crippen molar-refractivity contribution in [2.45, 2.75) is 89.6 Å². The van der Waals surface area contributed by atoms with E-state index >= 15 is 0 Å². The maximum atomic E-state index is 13.3. The van der Waals surface area contributed by atoms with Gasteiger partial charge in [-0.1, -0.05) is 33.1 Å². The predicted octanol–water partition coefficient (Wildman–Crippen LogP) is 0.633. The molecule has 2 atom stereocenters. The molecular weight excluding hydrogens is 458 g/mol. The van der Waals surface area contributed by atoms with Gasteiger partial charge in [0.15, 0.2) is 0 Å². The molecule has 2 aliphatic heterocycles. The number of sulfone groups is 1. The first-order valence-electron chi connectivity index (χ1n) is 10.9. The fourth-order valence-corrected chi connectivity index (χ4v) is 8.46. The zero-order chi connectivity index (χ0) is 24.1. The van der Waals surface area contributed by atoms with Gasteiger partial charge in [0, 0.05) is 12.1 Å². The molecule has 0 bridgehead atoms. The summed E-state index contributed by atoms with van der Waals surface area (Å²) in [5, 5.41) is 15.7. The molecule has 1 saturated carbocycles. The molecule has 0 aromatic rings. The normalized spacial score (nSPS) is 27.7. The lowest BCUT2D eigenvalue weighted by Crippen LogP contribution is -2.58. The second kappa shape index (κ2) is 8.36. The Morgan fingerprint density at radius 1 is 1.00 bits per heavy atom. The molecule has 2 unspecified atom stereocenters. The van der Waals surface area contributed by atoms with Crippen LogP contribution in [0, 0.1) is 0 Å². The first-order valence-corrected chi connectivity index (χ1v) is 13.8. The monoisotopic (exact) mass is 488 g/mol. The van der Waals surface area contributed by atoms with Crippen LogP contribution in [0.25, 0.3) is 0 Å². The summed E-state index contributed by atoms with van der Waals surface area (Å²) < 4.78 is 54.1. The fourth-order valence-electron chi connectivity index (χ4n) is 4.40. The number of amides is 2. The summed E-state index contributed by atoms with van der Waals surface area (Å²) in [6.45, 7) is 6.44. The van der Waals surface area contributed by atoms with E-state index in [9.17, 15) is 31.5 Å². The largest absolute Gasteiger partial charge is 0.859 e. The average Bonchev–Trinajstić information content (AvgIpc) is 2.89. The summed E-state index contributed by atoms with van der Waals surface area (Å²) in [5.41, 5.74) is -0.637. The van der Waals surface area contributed by atoms with Crippen LogP contribution in [0.5, 0.6) is 0 Å². The number of hydrogen-bond donors (Lipinski definition) is 1. The van der Waals surface area contributed by atoms with Crippen LogP contribution in [0.1, 0.15) is 72.6 Å². The number of hydrogen-bond acceptors (Lipinski definition) is 7. The highest BCUT2D eigenvalue weighted by Gasteiger charge is 2.55. The first-order chi connectivity index (χ1) is 14.9. The van der Waals surface area contributed by atoms with Gasteiger partial charge >= 0.3 is 10.2 Å². The summed E-state index contributed by atoms with van der Waals surface area (Å²) in [7, 11) is -8.63. The highest BCUT2D eigenvalue weighted by atomic mass is 32.2. The predicted molar refractivity (Wildman–Crippen MR) is 115 cm³/mol. The third kappa shape index (κ3) is 3.51. The van der Waals surface area contributed by atoms with Crippen LogP contribution >= 0.6 is 0 Å². The number of rotatable bonds is 5. The van der Waals surface area contributed by atoms with Gasteiger partial charge in [0.1, 0.15) is 9.78 Å². The van der Waals surface area contributed by atoms with Crippen LogP contribution < -0.4 is 10.4 Å². The third-order valence-corrected chi connectivity index (χ3v) is 11.1. The molecule has 0 aromatic heterocycles. The van der Waals surface area contributed by atoms with Crippen LogP contribution in [-0.2, 0) is 29.6 Å². The van der Waals surface area contributed by atoms with Gasteiger partial charge in [0.05, 0.1) is 5.57 Å². The molecule has 10 nitrogen and oxygen atoms in total. The smallest absolute Gasteiger partial charge is 0.328 e. The van der Waals surface area contributed by atoms with Crippen LogP contribution in [0.2, 0.25) is 0 Å². The van der Waals surface area contributed by atoms with Crippen molar-refractivity contribution in [3.05, 3.63) is 22.4 Å². The van der Waals surface area contributed by atoms with Gasteiger partial charge in [0.25, 0.3) is 11.8 Å². The zero-order valence-electron chi connectivity index (χ0n) is 18.8. The van der Waals surface area contributed by atoms with E-state index in [1.807, 2.05) is 0 Å². The molecule has 1 aliphatic carbocycles. The molecule has 0 aromatic carbocycles. The van der Waals surface area contributed by atoms with Gasteiger partial charge in [-0.3, -0.25) is 13.9 Å². The summed E-state index contributed by atoms with van der Waals surface area (Å²) in [4.78, 5) is 23.8. The van der Waals surface area contributed by atoms with Crippen molar-refractivity contribution in [1.82, 2.24) is 13.9 Å². The number of nitrogens with one attached hydrogen (secondary N) is 1. The van der Waals surface area contributed by atoms with E-state index in [1.165, 1.54) is 13.8 Å². The Labute approximate surface area is 189 Å². The number of carbonyl (C=O) groups excluding carboxylic acids is 2. The molecule has 32 heavy (non-hydrogen) atoms. The highest BCUT2D eigenvalue weighted by molar-refractivity contribution is 7.98. The van der Waals surface area contributed by atoms with Crippen LogP contribution in [0.15, 0.2) is 22.4 Å². The maximum absolute atomic E-state index is 13.3. The molecule has 2 amide bonds. The second-order valence-corrected chi connectivity index (χ2v) is 12.6. The SMILES string of the molecule is CCC(C)N1C(=O)C(C=C2C(=O)NC3(CCCCC3)S2(=O)=O)=C([O-])N(C(C)CC)S1(=O)=O. The minimum Gasteiger partial charge on any atom is -0.859 e. The molecular formula is C20H30N3O7S2-. The van der Waals surface area contributed by atoms with Gasteiger partial charge in [-0.15, -0.1) is 0 Å². The van der Waals surface area contributed by atoms with Crippen molar-refractivity contribution in [3.63, 3.8) is 0 Å². The van der Waals surface area contributed by atoms with Crippen LogP contribution in [0.3, 0.4) is 0 Å². The lowest BCUT2D eigenvalue weighted by atomic mass is 9.95. The van der Waals surface area contributed by atoms with Gasteiger partial charge < -0.3 is 10.4 Å². The van der Waals surface area contributed by atoms with Crippen LogP contribution in [-0.4, -0.2) is 54.2 Å². The highest BCUT2D eigenvalue weighted by Crippen LogP contribution is 2.42. The summed E-state index contributed by atoms with van der Waals surface area (Å²) in [6.07, 6.45) is 3.97. The van der Waals surface area contributed by atoms with Gasteiger partial charge in [0.2, 0.25) is 9.84 Å². The van der Waals surface area contributed by atoms with Crippen molar-refractivity contribution in [2.24, 2.45) is 0 Å². The molecule has 1 saturated heterocycles. The van der Waals surface area contributed by atoms with E-state index in [0.29, 0.717) is 34.3 Å². The van der Waals surface area contributed by atoms with Crippen molar-refractivity contribution in [3.8, 4) is 0 Å². The molecule has 1 N–H and O–H groups in total. The Morgan fingerprint density at radius 3 is 2.06 bits per heavy atom. The van der Waals surface area contributed by atoms with E-state index in [0.717, 1.165) is 12.5 Å². The zero-order valence-corrected chi connectivity index (χ0v) is 20.4. The Morgan fingerprint density at radius 2 is 1.53 bits per heavy atom. The number of carbonyl (C=O) groups is 2. The molecule has 0 radical (unpaired) electrons. The van der Waals surface area contributed by atoms with Crippen molar-refractivity contribution < 1.29 is 31.5 Å². The van der Waals surface area contributed by atoms with E-state index in [-0.39, 0.29) is 12.8 Å². The molecule has 1 spiro atoms. The molecule has 12 heteroatoms. The topological polar surface area (TPSA) is 144 Å². The first kappa shape index (κ1) is 24.6. The second-order valence-electron chi connectivity index (χ2n) is 8.66. The molecule has 3 rings (SSSR count). The Hall–Kier alpha value is -2.08. The van der Waals surface area contributed by atoms with E-state index in [1.54, 1.807) is 13.8 Å². The van der Waals surface area contributed by atoms with E-state index in [2.05, 4.69) is 5.32 Å². The summed E-state index contributed by atoms with van der Waals surface area (Å²) >= 11 is 0. The third-order valence-electron chi connectivity index (χ3n) is 6.65. The summed E-state index contributed by atoms with van der Waals surface area (Å²) in [6, 6.07) is -1.53. The lowest BCUT2D eigenvalue weighted by Gasteiger charge is -2.45. The molecule has 2 fully saturated rings. The van der Waals surface area contributed by atoms with Crippen molar-refractivity contribution in [1.29, 1.82) is 0 Å². The molecule has 3 aliphatic rings.